The van der Waals surface area contributed by atoms with Crippen LogP contribution >= 0.6 is 0 Å². The van der Waals surface area contributed by atoms with Gasteiger partial charge in [0.15, 0.2) is 0 Å². The largest absolute Gasteiger partial charge is 0.478 e. The van der Waals surface area contributed by atoms with E-state index in [1.54, 1.807) is 11.6 Å². The first-order valence-electron chi connectivity index (χ1n) is 9.64. The first-order valence-corrected chi connectivity index (χ1v) is 9.64. The minimum absolute atomic E-state index is 0.0652. The van der Waals surface area contributed by atoms with Gasteiger partial charge in [0, 0.05) is 32.7 Å². The number of aromatic nitrogens is 4. The standard InChI is InChI=1S/C21H21N7O2/c1-15-19(21(29)30)11-16(12-22)20(23-15)27-9-7-26(8-10-27)13-17-14-28(25-24-17)18-5-3-2-4-6-18/h2-6,11,14H,7-10,13H2,1H3,(H,29,30). The Balaban J connectivity index is 1.41. The summed E-state index contributed by atoms with van der Waals surface area (Å²) in [4.78, 5) is 20.0. The number of carboxylic acids is 1. The lowest BCUT2D eigenvalue weighted by Gasteiger charge is -2.35. The van der Waals surface area contributed by atoms with Gasteiger partial charge in [-0.3, -0.25) is 4.90 Å². The second-order valence-electron chi connectivity index (χ2n) is 7.16. The van der Waals surface area contributed by atoms with Gasteiger partial charge in [-0.1, -0.05) is 23.4 Å². The topological polar surface area (TPSA) is 111 Å². The molecule has 9 heteroatoms. The zero-order valence-electron chi connectivity index (χ0n) is 16.6. The maximum Gasteiger partial charge on any atom is 0.337 e. The molecule has 1 N–H and O–H groups in total. The molecule has 4 rings (SSSR count). The number of pyridine rings is 1. The van der Waals surface area contributed by atoms with Crippen LogP contribution in [0.4, 0.5) is 5.82 Å². The summed E-state index contributed by atoms with van der Waals surface area (Å²) in [6.07, 6.45) is 1.94. The van der Waals surface area contributed by atoms with Crippen molar-refractivity contribution in [3.8, 4) is 11.8 Å². The predicted molar refractivity (Wildman–Crippen MR) is 109 cm³/mol. The molecule has 1 saturated heterocycles. The van der Waals surface area contributed by atoms with Gasteiger partial charge in [0.2, 0.25) is 0 Å². The van der Waals surface area contributed by atoms with E-state index >= 15 is 0 Å². The van der Waals surface area contributed by atoms with Gasteiger partial charge in [0.05, 0.1) is 34.4 Å². The number of benzene rings is 1. The number of nitrogens with zero attached hydrogens (tertiary/aromatic N) is 7. The minimum atomic E-state index is -1.07. The molecule has 1 aliphatic heterocycles. The molecule has 0 radical (unpaired) electrons. The zero-order valence-corrected chi connectivity index (χ0v) is 16.6. The highest BCUT2D eigenvalue weighted by atomic mass is 16.4. The molecule has 0 bridgehead atoms. The summed E-state index contributed by atoms with van der Waals surface area (Å²) in [7, 11) is 0. The fraction of sp³-hybridized carbons (Fsp3) is 0.286. The third kappa shape index (κ3) is 3.99. The normalized spacial score (nSPS) is 14.5. The molecule has 0 unspecified atom stereocenters. The second kappa shape index (κ2) is 8.31. The van der Waals surface area contributed by atoms with Crippen molar-refractivity contribution in [1.29, 1.82) is 5.26 Å². The third-order valence-electron chi connectivity index (χ3n) is 5.16. The lowest BCUT2D eigenvalue weighted by Crippen LogP contribution is -2.46. The van der Waals surface area contributed by atoms with Crippen LogP contribution in [-0.2, 0) is 6.54 Å². The van der Waals surface area contributed by atoms with E-state index in [-0.39, 0.29) is 11.1 Å². The number of aromatic carboxylic acids is 1. The molecule has 30 heavy (non-hydrogen) atoms. The van der Waals surface area contributed by atoms with Crippen LogP contribution in [0.5, 0.6) is 0 Å². The molecule has 1 aromatic carbocycles. The van der Waals surface area contributed by atoms with Gasteiger partial charge in [0.25, 0.3) is 0 Å². The fourth-order valence-electron chi connectivity index (χ4n) is 3.56. The van der Waals surface area contributed by atoms with Gasteiger partial charge in [-0.15, -0.1) is 5.10 Å². The van der Waals surface area contributed by atoms with Crippen LogP contribution < -0.4 is 4.90 Å². The van der Waals surface area contributed by atoms with Crippen molar-refractivity contribution in [1.82, 2.24) is 24.9 Å². The van der Waals surface area contributed by atoms with Crippen molar-refractivity contribution in [3.05, 3.63) is 65.1 Å². The van der Waals surface area contributed by atoms with Crippen LogP contribution in [-0.4, -0.2) is 62.1 Å². The second-order valence-corrected chi connectivity index (χ2v) is 7.16. The summed E-state index contributed by atoms with van der Waals surface area (Å²) in [6, 6.07) is 13.3. The van der Waals surface area contributed by atoms with Crippen molar-refractivity contribution < 1.29 is 9.90 Å². The quantitative estimate of drug-likeness (QED) is 0.687. The Kier molecular flexibility index (Phi) is 5.41. The van der Waals surface area contributed by atoms with Crippen molar-refractivity contribution >= 4 is 11.8 Å². The highest BCUT2D eigenvalue weighted by Gasteiger charge is 2.23. The Labute approximate surface area is 173 Å². The van der Waals surface area contributed by atoms with Gasteiger partial charge in [-0.25, -0.2) is 14.5 Å². The molecule has 9 nitrogen and oxygen atoms in total. The summed E-state index contributed by atoms with van der Waals surface area (Å²) >= 11 is 0. The van der Waals surface area contributed by atoms with E-state index in [0.29, 0.717) is 31.1 Å². The molecule has 3 heterocycles. The molecular weight excluding hydrogens is 382 g/mol. The van der Waals surface area contributed by atoms with Crippen LogP contribution in [0.3, 0.4) is 0 Å². The Morgan fingerprint density at radius 1 is 1.20 bits per heavy atom. The summed E-state index contributed by atoms with van der Waals surface area (Å²) in [5.74, 6) is -0.522. The van der Waals surface area contributed by atoms with E-state index in [9.17, 15) is 15.2 Å². The minimum Gasteiger partial charge on any atom is -0.478 e. The van der Waals surface area contributed by atoms with Crippen molar-refractivity contribution in [2.45, 2.75) is 13.5 Å². The van der Waals surface area contributed by atoms with E-state index < -0.39 is 5.97 Å². The number of piperazine rings is 1. The lowest BCUT2D eigenvalue weighted by molar-refractivity contribution is 0.0695. The van der Waals surface area contributed by atoms with Crippen LogP contribution in [0, 0.1) is 18.3 Å². The monoisotopic (exact) mass is 403 g/mol. The Hall–Kier alpha value is -3.77. The first-order chi connectivity index (χ1) is 14.5. The van der Waals surface area contributed by atoms with Crippen LogP contribution in [0.15, 0.2) is 42.6 Å². The number of anilines is 1. The highest BCUT2D eigenvalue weighted by molar-refractivity contribution is 5.89. The summed E-state index contributed by atoms with van der Waals surface area (Å²) < 4.78 is 1.77. The van der Waals surface area contributed by atoms with Gasteiger partial charge in [-0.2, -0.15) is 5.26 Å². The van der Waals surface area contributed by atoms with E-state index in [4.69, 9.17) is 0 Å². The number of carboxylic acid groups (broad SMARTS) is 1. The Morgan fingerprint density at radius 3 is 2.60 bits per heavy atom. The van der Waals surface area contributed by atoms with Crippen LogP contribution in [0.1, 0.15) is 27.3 Å². The smallest absolute Gasteiger partial charge is 0.337 e. The molecule has 0 atom stereocenters. The number of hydrogen-bond donors (Lipinski definition) is 1. The molecule has 1 fully saturated rings. The predicted octanol–water partition coefficient (Wildman–Crippen LogP) is 1.86. The SMILES string of the molecule is Cc1nc(N2CCN(Cc3cn(-c4ccccc4)nn3)CC2)c(C#N)cc1C(=O)O. The lowest BCUT2D eigenvalue weighted by atomic mass is 10.1. The summed E-state index contributed by atoms with van der Waals surface area (Å²) in [6.45, 7) is 5.30. The van der Waals surface area contributed by atoms with Gasteiger partial charge in [0.1, 0.15) is 11.9 Å². The van der Waals surface area contributed by atoms with Crippen LogP contribution in [0.25, 0.3) is 5.69 Å². The number of aryl methyl sites for hydroxylation is 1. The third-order valence-corrected chi connectivity index (χ3v) is 5.16. The van der Waals surface area contributed by atoms with E-state index in [2.05, 4.69) is 26.3 Å². The first kappa shape index (κ1) is 19.5. The number of rotatable bonds is 5. The summed E-state index contributed by atoms with van der Waals surface area (Å²) in [5.41, 5.74) is 2.63. The number of carbonyl (C=O) groups is 1. The Bertz CT molecular complexity index is 1100. The van der Waals surface area contributed by atoms with E-state index in [1.807, 2.05) is 41.4 Å². The molecule has 1 aliphatic rings. The number of nitriles is 1. The van der Waals surface area contributed by atoms with Gasteiger partial charge in [-0.05, 0) is 25.1 Å². The van der Waals surface area contributed by atoms with Crippen molar-refractivity contribution in [3.63, 3.8) is 0 Å². The maximum atomic E-state index is 11.3. The van der Waals surface area contributed by atoms with Crippen molar-refractivity contribution in [2.24, 2.45) is 0 Å². The maximum absolute atomic E-state index is 11.3. The van der Waals surface area contributed by atoms with E-state index in [1.165, 1.54) is 6.07 Å². The highest BCUT2D eigenvalue weighted by Crippen LogP contribution is 2.22. The molecule has 2 aromatic heterocycles. The molecule has 0 spiro atoms. The summed E-state index contributed by atoms with van der Waals surface area (Å²) in [5, 5.41) is 27.2. The molecule has 0 saturated carbocycles. The van der Waals surface area contributed by atoms with E-state index in [0.717, 1.165) is 24.5 Å². The zero-order chi connectivity index (χ0) is 21.1. The van der Waals surface area contributed by atoms with Gasteiger partial charge < -0.3 is 10.0 Å². The number of hydrogen-bond acceptors (Lipinski definition) is 7. The average Bonchev–Trinajstić information content (AvgIpc) is 3.23. The Morgan fingerprint density at radius 2 is 1.93 bits per heavy atom. The molecular formula is C21H21N7O2. The molecule has 3 aromatic rings. The van der Waals surface area contributed by atoms with Crippen molar-refractivity contribution in [2.75, 3.05) is 31.1 Å². The molecule has 0 aliphatic carbocycles. The fourth-order valence-corrected chi connectivity index (χ4v) is 3.56. The van der Waals surface area contributed by atoms with Crippen LogP contribution in [0.2, 0.25) is 0 Å². The number of para-hydroxylation sites is 1. The van der Waals surface area contributed by atoms with Gasteiger partial charge >= 0.3 is 5.97 Å². The molecule has 0 amide bonds. The molecule has 152 valence electrons. The average molecular weight is 403 g/mol.